The lowest BCUT2D eigenvalue weighted by Crippen LogP contribution is -2.42. The van der Waals surface area contributed by atoms with Crippen molar-refractivity contribution in [2.24, 2.45) is 0 Å². The molecule has 5 nitrogen and oxygen atoms in total. The Morgan fingerprint density at radius 3 is 2.35 bits per heavy atom. The van der Waals surface area contributed by atoms with Crippen LogP contribution in [0.1, 0.15) is 25.8 Å². The molecule has 0 saturated carbocycles. The van der Waals surface area contributed by atoms with E-state index in [9.17, 15) is 14.0 Å². The average molecular weight is 282 g/mol. The number of halogens is 1. The summed E-state index contributed by atoms with van der Waals surface area (Å²) in [6.45, 7) is 4.30. The number of carboxylic acid groups (broad SMARTS) is 1. The maximum absolute atomic E-state index is 12.9. The molecular formula is C14H19FN2O3. The van der Waals surface area contributed by atoms with Crippen LogP contribution in [-0.2, 0) is 10.2 Å². The third kappa shape index (κ3) is 5.26. The zero-order chi connectivity index (χ0) is 15.2. The number of nitrogens with one attached hydrogen (secondary N) is 2. The molecule has 0 aliphatic carbocycles. The first-order chi connectivity index (χ1) is 9.31. The number of rotatable bonds is 6. The maximum atomic E-state index is 12.9. The SMILES string of the molecule is CC(C)(CNC(=O)NCCC(=O)O)c1ccc(F)cc1. The normalized spacial score (nSPS) is 10.9. The maximum Gasteiger partial charge on any atom is 0.314 e. The highest BCUT2D eigenvalue weighted by atomic mass is 19.1. The van der Waals surface area contributed by atoms with E-state index in [1.807, 2.05) is 13.8 Å². The fourth-order valence-corrected chi connectivity index (χ4v) is 1.65. The molecule has 20 heavy (non-hydrogen) atoms. The summed E-state index contributed by atoms with van der Waals surface area (Å²) in [6.07, 6.45) is -0.116. The second-order valence-electron chi connectivity index (χ2n) is 5.14. The molecule has 110 valence electrons. The quantitative estimate of drug-likeness (QED) is 0.745. The van der Waals surface area contributed by atoms with Crippen LogP contribution < -0.4 is 10.6 Å². The summed E-state index contributed by atoms with van der Waals surface area (Å²) in [6, 6.07) is 5.70. The summed E-state index contributed by atoms with van der Waals surface area (Å²) >= 11 is 0. The molecule has 2 amide bonds. The summed E-state index contributed by atoms with van der Waals surface area (Å²) in [5.74, 6) is -1.26. The monoisotopic (exact) mass is 282 g/mol. The van der Waals surface area contributed by atoms with Crippen LogP contribution in [0.2, 0.25) is 0 Å². The largest absolute Gasteiger partial charge is 0.481 e. The van der Waals surface area contributed by atoms with Crippen molar-refractivity contribution < 1.29 is 19.1 Å². The van der Waals surface area contributed by atoms with Crippen LogP contribution in [0.25, 0.3) is 0 Å². The summed E-state index contributed by atoms with van der Waals surface area (Å²) < 4.78 is 12.9. The van der Waals surface area contributed by atoms with Gasteiger partial charge in [0.05, 0.1) is 6.42 Å². The first-order valence-corrected chi connectivity index (χ1v) is 6.31. The molecule has 1 aromatic carbocycles. The van der Waals surface area contributed by atoms with Gasteiger partial charge in [-0.1, -0.05) is 26.0 Å². The van der Waals surface area contributed by atoms with Crippen LogP contribution in [0.5, 0.6) is 0 Å². The predicted molar refractivity (Wildman–Crippen MR) is 73.1 cm³/mol. The molecule has 6 heteroatoms. The third-order valence-electron chi connectivity index (χ3n) is 2.94. The number of carbonyl (C=O) groups excluding carboxylic acids is 1. The minimum atomic E-state index is -0.961. The smallest absolute Gasteiger partial charge is 0.314 e. The van der Waals surface area contributed by atoms with Gasteiger partial charge in [-0.05, 0) is 17.7 Å². The summed E-state index contributed by atoms with van der Waals surface area (Å²) in [7, 11) is 0. The van der Waals surface area contributed by atoms with Crippen molar-refractivity contribution in [3.8, 4) is 0 Å². The number of amides is 2. The Bertz CT molecular complexity index is 472. The average Bonchev–Trinajstić information content (AvgIpc) is 2.36. The van der Waals surface area contributed by atoms with Crippen molar-refractivity contribution >= 4 is 12.0 Å². The van der Waals surface area contributed by atoms with Crippen LogP contribution >= 0.6 is 0 Å². The van der Waals surface area contributed by atoms with Crippen molar-refractivity contribution in [3.63, 3.8) is 0 Å². The summed E-state index contributed by atoms with van der Waals surface area (Å²) in [5, 5.41) is 13.6. The molecule has 0 atom stereocenters. The van der Waals surface area contributed by atoms with Crippen LogP contribution in [0.4, 0.5) is 9.18 Å². The molecule has 0 unspecified atom stereocenters. The molecular weight excluding hydrogens is 263 g/mol. The number of carbonyl (C=O) groups is 2. The van der Waals surface area contributed by atoms with E-state index >= 15 is 0 Å². The molecule has 0 fully saturated rings. The number of urea groups is 1. The van der Waals surface area contributed by atoms with E-state index in [-0.39, 0.29) is 24.2 Å². The van der Waals surface area contributed by atoms with E-state index < -0.39 is 12.0 Å². The van der Waals surface area contributed by atoms with Gasteiger partial charge in [0.2, 0.25) is 0 Å². The van der Waals surface area contributed by atoms with Gasteiger partial charge in [0.15, 0.2) is 0 Å². The topological polar surface area (TPSA) is 78.4 Å². The highest BCUT2D eigenvalue weighted by Crippen LogP contribution is 2.22. The van der Waals surface area contributed by atoms with Gasteiger partial charge in [-0.25, -0.2) is 9.18 Å². The van der Waals surface area contributed by atoms with E-state index in [2.05, 4.69) is 10.6 Å². The molecule has 3 N–H and O–H groups in total. The number of aliphatic carboxylic acids is 1. The fraction of sp³-hybridized carbons (Fsp3) is 0.429. The van der Waals surface area contributed by atoms with Gasteiger partial charge in [0.25, 0.3) is 0 Å². The molecule has 0 aliphatic heterocycles. The molecule has 0 radical (unpaired) electrons. The molecule has 1 rings (SSSR count). The molecule has 0 aliphatic rings. The van der Waals surface area contributed by atoms with Crippen LogP contribution in [0, 0.1) is 5.82 Å². The number of benzene rings is 1. The summed E-state index contributed by atoms with van der Waals surface area (Å²) in [4.78, 5) is 21.8. The van der Waals surface area contributed by atoms with Gasteiger partial charge in [0.1, 0.15) is 5.82 Å². The standard InChI is InChI=1S/C14H19FN2O3/c1-14(2,10-3-5-11(15)6-4-10)9-17-13(20)16-8-7-12(18)19/h3-6H,7-9H2,1-2H3,(H,18,19)(H2,16,17,20). The van der Waals surface area contributed by atoms with Gasteiger partial charge in [-0.3, -0.25) is 4.79 Å². The van der Waals surface area contributed by atoms with Crippen molar-refractivity contribution in [2.75, 3.05) is 13.1 Å². The van der Waals surface area contributed by atoms with Crippen molar-refractivity contribution in [2.45, 2.75) is 25.7 Å². The first kappa shape index (κ1) is 15.9. The Kier molecular flexibility index (Phi) is 5.49. The number of hydrogen-bond donors (Lipinski definition) is 3. The molecule has 0 spiro atoms. The Labute approximate surface area is 117 Å². The van der Waals surface area contributed by atoms with E-state index in [0.717, 1.165) is 5.56 Å². The third-order valence-corrected chi connectivity index (χ3v) is 2.94. The van der Waals surface area contributed by atoms with Gasteiger partial charge in [-0.2, -0.15) is 0 Å². The van der Waals surface area contributed by atoms with Crippen LogP contribution in [0.3, 0.4) is 0 Å². The lowest BCUT2D eigenvalue weighted by Gasteiger charge is -2.25. The molecule has 0 bridgehead atoms. The minimum absolute atomic E-state index is 0.0815. The van der Waals surface area contributed by atoms with Crippen LogP contribution in [-0.4, -0.2) is 30.2 Å². The Morgan fingerprint density at radius 1 is 1.20 bits per heavy atom. The van der Waals surface area contributed by atoms with Crippen molar-refractivity contribution in [1.29, 1.82) is 0 Å². The van der Waals surface area contributed by atoms with Crippen LogP contribution in [0.15, 0.2) is 24.3 Å². The molecule has 0 aromatic heterocycles. The van der Waals surface area contributed by atoms with Crippen molar-refractivity contribution in [1.82, 2.24) is 10.6 Å². The number of carboxylic acids is 1. The molecule has 0 saturated heterocycles. The van der Waals surface area contributed by atoms with Gasteiger partial charge < -0.3 is 15.7 Å². The zero-order valence-electron chi connectivity index (χ0n) is 11.6. The van der Waals surface area contributed by atoms with E-state index in [1.54, 1.807) is 12.1 Å². The Hall–Kier alpha value is -2.11. The number of hydrogen-bond acceptors (Lipinski definition) is 2. The Morgan fingerprint density at radius 2 is 1.80 bits per heavy atom. The first-order valence-electron chi connectivity index (χ1n) is 6.31. The zero-order valence-corrected chi connectivity index (χ0v) is 11.6. The summed E-state index contributed by atoms with van der Waals surface area (Å²) in [5.41, 5.74) is 0.558. The highest BCUT2D eigenvalue weighted by molar-refractivity contribution is 5.75. The fourth-order valence-electron chi connectivity index (χ4n) is 1.65. The molecule has 1 aromatic rings. The minimum Gasteiger partial charge on any atom is -0.481 e. The van der Waals surface area contributed by atoms with E-state index in [4.69, 9.17) is 5.11 Å². The van der Waals surface area contributed by atoms with Gasteiger partial charge in [0, 0.05) is 18.5 Å². The highest BCUT2D eigenvalue weighted by Gasteiger charge is 2.21. The predicted octanol–water partition coefficient (Wildman–Crippen LogP) is 1.88. The van der Waals surface area contributed by atoms with E-state index in [0.29, 0.717) is 6.54 Å². The second kappa shape index (κ2) is 6.88. The van der Waals surface area contributed by atoms with Crippen molar-refractivity contribution in [3.05, 3.63) is 35.6 Å². The van der Waals surface area contributed by atoms with Gasteiger partial charge in [-0.15, -0.1) is 0 Å². The van der Waals surface area contributed by atoms with Gasteiger partial charge >= 0.3 is 12.0 Å². The lowest BCUT2D eigenvalue weighted by atomic mass is 9.84. The van der Waals surface area contributed by atoms with E-state index in [1.165, 1.54) is 12.1 Å². The lowest BCUT2D eigenvalue weighted by molar-refractivity contribution is -0.136. The molecule has 0 heterocycles. The Balaban J connectivity index is 2.44. The second-order valence-corrected chi connectivity index (χ2v) is 5.14.